The predicted octanol–water partition coefficient (Wildman–Crippen LogP) is 0.792. The number of aliphatic imine (C=N–C) groups is 1. The van der Waals surface area contributed by atoms with Crippen molar-refractivity contribution in [1.82, 2.24) is 16.0 Å². The molecule has 0 unspecified atom stereocenters. The van der Waals surface area contributed by atoms with Crippen molar-refractivity contribution in [3.8, 4) is 0 Å². The van der Waals surface area contributed by atoms with Gasteiger partial charge in [0, 0.05) is 18.5 Å². The van der Waals surface area contributed by atoms with E-state index in [4.69, 9.17) is 11.5 Å². The van der Waals surface area contributed by atoms with Gasteiger partial charge in [0.25, 0.3) is 5.91 Å². The standard InChI is InChI=1S/C27H36N6O5/c1-17(2)22(25(36)31-20(26(37)38)14-9-15-30-27(28)29)33-24(35)21(16-18-10-5-3-6-11-18)32-23(34)19-12-7-4-8-13-19/h3-8,10-13,17,20-22H,9,14-16H2,1-2H3,(H,31,36)(H,32,34)(H,33,35)(H,37,38)(H4,28,29,30)/t20-,21-,22-/m0/s1. The van der Waals surface area contributed by atoms with E-state index in [0.717, 1.165) is 5.56 Å². The van der Waals surface area contributed by atoms with Gasteiger partial charge in [-0.25, -0.2) is 4.79 Å². The third-order valence-corrected chi connectivity index (χ3v) is 5.75. The number of hydrogen-bond donors (Lipinski definition) is 6. The molecule has 0 saturated heterocycles. The fourth-order valence-electron chi connectivity index (χ4n) is 3.70. The van der Waals surface area contributed by atoms with Crippen molar-refractivity contribution in [2.75, 3.05) is 6.54 Å². The summed E-state index contributed by atoms with van der Waals surface area (Å²) in [7, 11) is 0. The molecule has 0 aliphatic rings. The van der Waals surface area contributed by atoms with Crippen LogP contribution in [0.2, 0.25) is 0 Å². The Morgan fingerprint density at radius 3 is 2.00 bits per heavy atom. The number of nitrogens with one attached hydrogen (secondary N) is 3. The zero-order chi connectivity index (χ0) is 28.1. The van der Waals surface area contributed by atoms with Crippen molar-refractivity contribution >= 4 is 29.7 Å². The van der Waals surface area contributed by atoms with Crippen LogP contribution in [0.25, 0.3) is 0 Å². The highest BCUT2D eigenvalue weighted by molar-refractivity contribution is 5.98. The smallest absolute Gasteiger partial charge is 0.326 e. The van der Waals surface area contributed by atoms with Crippen molar-refractivity contribution in [3.05, 3.63) is 71.8 Å². The number of rotatable bonds is 14. The number of carbonyl (C=O) groups excluding carboxylic acids is 3. The number of guanidine groups is 1. The van der Waals surface area contributed by atoms with E-state index < -0.39 is 41.8 Å². The number of carboxylic acids is 1. The third-order valence-electron chi connectivity index (χ3n) is 5.75. The van der Waals surface area contributed by atoms with E-state index in [-0.39, 0.29) is 31.3 Å². The van der Waals surface area contributed by atoms with Crippen molar-refractivity contribution in [2.45, 2.75) is 51.2 Å². The van der Waals surface area contributed by atoms with Gasteiger partial charge in [0.1, 0.15) is 18.1 Å². The SMILES string of the molecule is CC(C)[C@H](NC(=O)[C@H](Cc1ccccc1)NC(=O)c1ccccc1)C(=O)N[C@@H](CCCN=C(N)N)C(=O)O. The van der Waals surface area contributed by atoms with Gasteiger partial charge in [-0.15, -0.1) is 0 Å². The summed E-state index contributed by atoms with van der Waals surface area (Å²) in [5.74, 6) is -3.32. The zero-order valence-electron chi connectivity index (χ0n) is 21.6. The molecule has 3 atom stereocenters. The molecule has 0 aliphatic carbocycles. The Morgan fingerprint density at radius 2 is 1.45 bits per heavy atom. The normalized spacial score (nSPS) is 13.0. The summed E-state index contributed by atoms with van der Waals surface area (Å²) in [6, 6.07) is 14.5. The largest absolute Gasteiger partial charge is 0.480 e. The molecule has 0 aromatic heterocycles. The van der Waals surface area contributed by atoms with Gasteiger partial charge in [-0.3, -0.25) is 19.4 Å². The molecule has 2 rings (SSSR count). The topological polar surface area (TPSA) is 189 Å². The van der Waals surface area contributed by atoms with Crippen LogP contribution in [0.15, 0.2) is 65.7 Å². The summed E-state index contributed by atoms with van der Waals surface area (Å²) in [6.45, 7) is 3.68. The lowest BCUT2D eigenvalue weighted by atomic mass is 10.00. The number of aliphatic carboxylic acids is 1. The fourth-order valence-corrected chi connectivity index (χ4v) is 3.70. The van der Waals surface area contributed by atoms with Crippen LogP contribution in [0.5, 0.6) is 0 Å². The molecular formula is C27H36N6O5. The second-order valence-electron chi connectivity index (χ2n) is 9.16. The molecular weight excluding hydrogens is 488 g/mol. The van der Waals surface area contributed by atoms with Crippen LogP contribution in [0, 0.1) is 5.92 Å². The minimum atomic E-state index is -1.21. The summed E-state index contributed by atoms with van der Waals surface area (Å²) in [5, 5.41) is 17.5. The number of benzene rings is 2. The average Bonchev–Trinajstić information content (AvgIpc) is 2.88. The Bertz CT molecular complexity index is 1100. The van der Waals surface area contributed by atoms with Crippen LogP contribution in [0.1, 0.15) is 42.6 Å². The molecule has 0 saturated carbocycles. The highest BCUT2D eigenvalue weighted by atomic mass is 16.4. The molecule has 0 fully saturated rings. The average molecular weight is 525 g/mol. The van der Waals surface area contributed by atoms with E-state index >= 15 is 0 Å². The van der Waals surface area contributed by atoms with Crippen LogP contribution >= 0.6 is 0 Å². The van der Waals surface area contributed by atoms with Gasteiger partial charge in [0.15, 0.2) is 5.96 Å². The fraction of sp³-hybridized carbons (Fsp3) is 0.370. The molecule has 8 N–H and O–H groups in total. The van der Waals surface area contributed by atoms with E-state index in [1.165, 1.54) is 0 Å². The van der Waals surface area contributed by atoms with E-state index in [2.05, 4.69) is 20.9 Å². The lowest BCUT2D eigenvalue weighted by molar-refractivity contribution is -0.142. The summed E-state index contributed by atoms with van der Waals surface area (Å²) in [5.41, 5.74) is 11.8. The van der Waals surface area contributed by atoms with Gasteiger partial charge in [-0.2, -0.15) is 0 Å². The van der Waals surface area contributed by atoms with E-state index in [1.54, 1.807) is 44.2 Å². The number of nitrogens with two attached hydrogens (primary N) is 2. The molecule has 11 nitrogen and oxygen atoms in total. The molecule has 0 spiro atoms. The van der Waals surface area contributed by atoms with Gasteiger partial charge in [-0.1, -0.05) is 62.4 Å². The Labute approximate surface area is 222 Å². The highest BCUT2D eigenvalue weighted by Crippen LogP contribution is 2.09. The van der Waals surface area contributed by atoms with Gasteiger partial charge >= 0.3 is 5.97 Å². The van der Waals surface area contributed by atoms with E-state index in [0.29, 0.717) is 12.0 Å². The number of hydrogen-bond acceptors (Lipinski definition) is 5. The second kappa shape index (κ2) is 15.0. The lowest BCUT2D eigenvalue weighted by Gasteiger charge is -2.26. The first-order valence-electron chi connectivity index (χ1n) is 12.4. The third kappa shape index (κ3) is 9.92. The molecule has 0 aliphatic heterocycles. The minimum absolute atomic E-state index is 0.0976. The van der Waals surface area contributed by atoms with Gasteiger partial charge < -0.3 is 32.5 Å². The molecule has 0 radical (unpaired) electrons. The monoisotopic (exact) mass is 524 g/mol. The van der Waals surface area contributed by atoms with Gasteiger partial charge in [0.05, 0.1) is 0 Å². The maximum Gasteiger partial charge on any atom is 0.326 e. The summed E-state index contributed by atoms with van der Waals surface area (Å²) >= 11 is 0. The van der Waals surface area contributed by atoms with Crippen molar-refractivity contribution in [3.63, 3.8) is 0 Å². The van der Waals surface area contributed by atoms with Crippen LogP contribution in [-0.4, -0.2) is 59.4 Å². The minimum Gasteiger partial charge on any atom is -0.480 e. The van der Waals surface area contributed by atoms with E-state index in [1.807, 2.05) is 30.3 Å². The highest BCUT2D eigenvalue weighted by Gasteiger charge is 2.31. The number of nitrogens with zero attached hydrogens (tertiary/aromatic N) is 1. The van der Waals surface area contributed by atoms with Gasteiger partial charge in [0.2, 0.25) is 11.8 Å². The lowest BCUT2D eigenvalue weighted by Crippen LogP contribution is -2.57. The summed E-state index contributed by atoms with van der Waals surface area (Å²) in [4.78, 5) is 54.8. The molecule has 2 aromatic rings. The molecule has 2 aromatic carbocycles. The first kappa shape index (κ1) is 29.8. The molecule has 204 valence electrons. The van der Waals surface area contributed by atoms with E-state index in [9.17, 15) is 24.3 Å². The van der Waals surface area contributed by atoms with Crippen molar-refractivity contribution in [1.29, 1.82) is 0 Å². The first-order valence-corrected chi connectivity index (χ1v) is 12.4. The maximum absolute atomic E-state index is 13.4. The molecule has 11 heteroatoms. The Balaban J connectivity index is 2.15. The van der Waals surface area contributed by atoms with Crippen molar-refractivity contribution in [2.24, 2.45) is 22.4 Å². The molecule has 38 heavy (non-hydrogen) atoms. The molecule has 0 heterocycles. The van der Waals surface area contributed by atoms with Crippen molar-refractivity contribution < 1.29 is 24.3 Å². The van der Waals surface area contributed by atoms with Crippen LogP contribution < -0.4 is 27.4 Å². The Morgan fingerprint density at radius 1 is 0.842 bits per heavy atom. The van der Waals surface area contributed by atoms with Crippen LogP contribution in [-0.2, 0) is 20.8 Å². The Hall–Kier alpha value is -4.41. The molecule has 0 bridgehead atoms. The maximum atomic E-state index is 13.4. The number of carbonyl (C=O) groups is 4. The van der Waals surface area contributed by atoms with Crippen LogP contribution in [0.4, 0.5) is 0 Å². The molecule has 3 amide bonds. The number of carboxylic acid groups (broad SMARTS) is 1. The second-order valence-corrected chi connectivity index (χ2v) is 9.16. The van der Waals surface area contributed by atoms with Crippen LogP contribution in [0.3, 0.4) is 0 Å². The zero-order valence-corrected chi connectivity index (χ0v) is 21.6. The predicted molar refractivity (Wildman–Crippen MR) is 144 cm³/mol. The quantitative estimate of drug-likeness (QED) is 0.120. The summed E-state index contributed by atoms with van der Waals surface area (Å²) in [6.07, 6.45) is 0.624. The first-order chi connectivity index (χ1) is 18.1. The van der Waals surface area contributed by atoms with Gasteiger partial charge in [-0.05, 0) is 36.5 Å². The Kier molecular flexibility index (Phi) is 11.8. The number of amides is 3. The summed E-state index contributed by atoms with van der Waals surface area (Å²) < 4.78 is 0.